The van der Waals surface area contributed by atoms with Crippen LogP contribution in [0.2, 0.25) is 0 Å². The maximum atomic E-state index is 4.06. The second kappa shape index (κ2) is 12.9. The van der Waals surface area contributed by atoms with Gasteiger partial charge in [-0.3, -0.25) is 0 Å². The number of hydrogen-bond acceptors (Lipinski definition) is 0. The first-order valence-corrected chi connectivity index (χ1v) is 20.2. The monoisotopic (exact) mass is 739 g/mol. The van der Waals surface area contributed by atoms with Crippen molar-refractivity contribution in [3.63, 3.8) is 0 Å². The Balaban J connectivity index is 1.29. The van der Waals surface area contributed by atoms with Crippen LogP contribution in [-0.4, -0.2) is 23.3 Å². The fourth-order valence-electron chi connectivity index (χ4n) is 9.94. The Hall–Kier alpha value is -6.72. The number of aromatic nitrogens is 5. The van der Waals surface area contributed by atoms with Crippen molar-refractivity contribution in [3.8, 4) is 0 Å². The zero-order valence-electron chi connectivity index (χ0n) is 33.0. The van der Waals surface area contributed by atoms with E-state index in [0.29, 0.717) is 0 Å². The SMILES string of the molecule is Cc1cc2ccccc2n1Cc1c(Cn2c(C)cc3ccccc32)c(Cn2c(C)cc3ccccc32)c2c([nH]c3ccccc32)c1Cn1c(C)cc2ccccc21. The van der Waals surface area contributed by atoms with Crippen LogP contribution in [0.4, 0.5) is 0 Å². The molecular formula is C52H45N5. The highest BCUT2D eigenvalue weighted by atomic mass is 15.0. The minimum Gasteiger partial charge on any atom is -0.354 e. The zero-order chi connectivity index (χ0) is 38.4. The highest BCUT2D eigenvalue weighted by Gasteiger charge is 2.26. The van der Waals surface area contributed by atoms with E-state index in [2.05, 4.69) is 197 Å². The van der Waals surface area contributed by atoms with Gasteiger partial charge >= 0.3 is 0 Å². The van der Waals surface area contributed by atoms with E-state index < -0.39 is 0 Å². The van der Waals surface area contributed by atoms with Gasteiger partial charge in [-0.2, -0.15) is 0 Å². The summed E-state index contributed by atoms with van der Waals surface area (Å²) in [7, 11) is 0. The summed E-state index contributed by atoms with van der Waals surface area (Å²) < 4.78 is 10.2. The van der Waals surface area contributed by atoms with Crippen molar-refractivity contribution in [2.45, 2.75) is 53.9 Å². The van der Waals surface area contributed by atoms with Gasteiger partial charge in [0.1, 0.15) is 0 Å². The van der Waals surface area contributed by atoms with E-state index in [-0.39, 0.29) is 0 Å². The smallest absolute Gasteiger partial charge is 0.0522 e. The van der Waals surface area contributed by atoms with Gasteiger partial charge < -0.3 is 23.3 Å². The molecule has 0 unspecified atom stereocenters. The minimum absolute atomic E-state index is 0.750. The first kappa shape index (κ1) is 33.6. The van der Waals surface area contributed by atoms with Gasteiger partial charge in [0.25, 0.3) is 0 Å². The molecule has 5 aromatic heterocycles. The standard InChI is InChI=1S/C52H45N5/c1-33-25-37-15-5-11-21-47(37)54(33)29-42-43(30-55-34(2)26-38-16-6-12-22-48(38)55)45(32-57-36(4)28-40-18-8-14-24-50(40)57)52-51(41-19-9-10-20-46(41)53-52)44(42)31-56-35(3)27-39-17-7-13-23-49(39)56/h5-28,53H,29-32H2,1-4H3. The van der Waals surface area contributed by atoms with Gasteiger partial charge in [0.2, 0.25) is 0 Å². The molecule has 0 saturated heterocycles. The average molecular weight is 740 g/mol. The Labute approximate surface area is 332 Å². The number of benzene rings is 6. The first-order valence-electron chi connectivity index (χ1n) is 20.2. The molecule has 5 heterocycles. The van der Waals surface area contributed by atoms with Gasteiger partial charge in [-0.1, -0.05) is 91.0 Å². The lowest BCUT2D eigenvalue weighted by Gasteiger charge is -2.25. The van der Waals surface area contributed by atoms with Crippen LogP contribution in [-0.2, 0) is 26.2 Å². The molecule has 5 nitrogen and oxygen atoms in total. The number of nitrogens with zero attached hydrogens (tertiary/aromatic N) is 4. The summed E-state index contributed by atoms with van der Waals surface area (Å²) in [5, 5.41) is 7.71. The minimum atomic E-state index is 0.750. The Kier molecular flexibility index (Phi) is 7.62. The second-order valence-electron chi connectivity index (χ2n) is 16.1. The predicted octanol–water partition coefficient (Wildman–Crippen LogP) is 12.6. The summed E-state index contributed by atoms with van der Waals surface area (Å²) in [6, 6.07) is 53.7. The molecule has 0 atom stereocenters. The summed E-state index contributed by atoms with van der Waals surface area (Å²) in [5.74, 6) is 0. The molecule has 0 fully saturated rings. The number of fused-ring (bicyclic) bond motifs is 7. The van der Waals surface area contributed by atoms with Crippen molar-refractivity contribution < 1.29 is 0 Å². The van der Waals surface area contributed by atoms with Crippen molar-refractivity contribution in [1.29, 1.82) is 0 Å². The molecular weight excluding hydrogens is 695 g/mol. The number of H-pyrrole nitrogens is 1. The van der Waals surface area contributed by atoms with Crippen molar-refractivity contribution in [2.75, 3.05) is 0 Å². The molecule has 0 aliphatic heterocycles. The molecule has 5 heteroatoms. The molecule has 0 bridgehead atoms. The predicted molar refractivity (Wildman–Crippen MR) is 239 cm³/mol. The van der Waals surface area contributed by atoms with E-state index in [9.17, 15) is 0 Å². The number of hydrogen-bond donors (Lipinski definition) is 1. The van der Waals surface area contributed by atoms with Crippen LogP contribution in [0.1, 0.15) is 45.0 Å². The lowest BCUT2D eigenvalue weighted by atomic mass is 9.89. The largest absolute Gasteiger partial charge is 0.354 e. The summed E-state index contributed by atoms with van der Waals surface area (Å²) in [5.41, 5.74) is 18.1. The van der Waals surface area contributed by atoms with E-state index >= 15 is 0 Å². The molecule has 11 rings (SSSR count). The van der Waals surface area contributed by atoms with Gasteiger partial charge in [0, 0.05) is 86.3 Å². The number of rotatable bonds is 8. The van der Waals surface area contributed by atoms with Crippen molar-refractivity contribution >= 4 is 65.4 Å². The Bertz CT molecular complexity index is 3350. The lowest BCUT2D eigenvalue weighted by molar-refractivity contribution is 0.715. The van der Waals surface area contributed by atoms with Gasteiger partial charge in [-0.05, 0) is 121 Å². The van der Waals surface area contributed by atoms with E-state index in [1.54, 1.807) is 0 Å². The molecule has 278 valence electrons. The fourth-order valence-corrected chi connectivity index (χ4v) is 9.94. The average Bonchev–Trinajstić information content (AvgIpc) is 4.01. The highest BCUT2D eigenvalue weighted by Crippen LogP contribution is 2.40. The molecule has 0 amide bonds. The second-order valence-corrected chi connectivity index (χ2v) is 16.1. The van der Waals surface area contributed by atoms with E-state index in [1.807, 2.05) is 0 Å². The van der Waals surface area contributed by atoms with Crippen LogP contribution in [0.15, 0.2) is 146 Å². The number of para-hydroxylation sites is 5. The molecule has 0 spiro atoms. The van der Waals surface area contributed by atoms with Crippen molar-refractivity contribution in [3.05, 3.63) is 191 Å². The van der Waals surface area contributed by atoms with Gasteiger partial charge in [-0.15, -0.1) is 0 Å². The third-order valence-electron chi connectivity index (χ3n) is 12.7. The molecule has 0 radical (unpaired) electrons. The van der Waals surface area contributed by atoms with E-state index in [0.717, 1.165) is 26.2 Å². The van der Waals surface area contributed by atoms with Crippen molar-refractivity contribution in [1.82, 2.24) is 23.3 Å². The van der Waals surface area contributed by atoms with Crippen molar-refractivity contribution in [2.24, 2.45) is 0 Å². The van der Waals surface area contributed by atoms with Crippen LogP contribution in [0, 0.1) is 27.7 Å². The maximum absolute atomic E-state index is 4.06. The number of aromatic amines is 1. The molecule has 0 aliphatic carbocycles. The third-order valence-corrected chi connectivity index (χ3v) is 12.7. The summed E-state index contributed by atoms with van der Waals surface area (Å²) in [4.78, 5) is 4.06. The van der Waals surface area contributed by atoms with E-state index in [1.165, 1.54) is 110 Å². The highest BCUT2D eigenvalue weighted by molar-refractivity contribution is 6.11. The van der Waals surface area contributed by atoms with Crippen LogP contribution in [0.5, 0.6) is 0 Å². The molecule has 57 heavy (non-hydrogen) atoms. The molecule has 0 saturated carbocycles. The lowest BCUT2D eigenvalue weighted by Crippen LogP contribution is -2.18. The fraction of sp³-hybridized carbons (Fsp3) is 0.154. The molecule has 1 N–H and O–H groups in total. The molecule has 11 aromatic rings. The van der Waals surface area contributed by atoms with Gasteiger partial charge in [0.15, 0.2) is 0 Å². The summed E-state index contributed by atoms with van der Waals surface area (Å²) >= 11 is 0. The van der Waals surface area contributed by atoms with Gasteiger partial charge in [-0.25, -0.2) is 0 Å². The normalized spacial score (nSPS) is 12.1. The van der Waals surface area contributed by atoms with Crippen LogP contribution < -0.4 is 0 Å². The Morgan fingerprint density at radius 1 is 0.368 bits per heavy atom. The number of nitrogens with one attached hydrogen (secondary N) is 1. The molecule has 6 aromatic carbocycles. The van der Waals surface area contributed by atoms with Crippen LogP contribution in [0.25, 0.3) is 65.4 Å². The van der Waals surface area contributed by atoms with Crippen LogP contribution in [0.3, 0.4) is 0 Å². The van der Waals surface area contributed by atoms with Gasteiger partial charge in [0.05, 0.1) is 12.1 Å². The molecule has 0 aliphatic rings. The Morgan fingerprint density at radius 3 is 1.14 bits per heavy atom. The summed E-state index contributed by atoms with van der Waals surface area (Å²) in [6.45, 7) is 12.1. The maximum Gasteiger partial charge on any atom is 0.0522 e. The topological polar surface area (TPSA) is 35.5 Å². The number of aryl methyl sites for hydroxylation is 4. The zero-order valence-corrected chi connectivity index (χ0v) is 33.0. The summed E-state index contributed by atoms with van der Waals surface area (Å²) in [6.07, 6.45) is 0. The quantitative estimate of drug-likeness (QED) is 0.161. The third kappa shape index (κ3) is 5.29. The Morgan fingerprint density at radius 2 is 0.702 bits per heavy atom. The van der Waals surface area contributed by atoms with Crippen LogP contribution >= 0.6 is 0 Å². The van der Waals surface area contributed by atoms with E-state index in [4.69, 9.17) is 0 Å². The first-order chi connectivity index (χ1) is 27.9.